The van der Waals surface area contributed by atoms with Crippen molar-refractivity contribution in [2.24, 2.45) is 11.8 Å². The Morgan fingerprint density at radius 3 is 2.00 bits per heavy atom. The van der Waals surface area contributed by atoms with Crippen LogP contribution in [0.15, 0.2) is 12.2 Å². The monoisotopic (exact) mass is 320 g/mol. The van der Waals surface area contributed by atoms with Crippen LogP contribution in [-0.2, 0) is 9.47 Å². The number of rotatable bonds is 5. The normalized spacial score (nSPS) is 29.4. The second-order valence-electron chi connectivity index (χ2n) is 5.18. The van der Waals surface area contributed by atoms with E-state index in [-0.39, 0.29) is 12.0 Å². The third kappa shape index (κ3) is 3.19. The lowest BCUT2D eigenvalue weighted by Gasteiger charge is -2.31. The molecule has 9 heteroatoms. The van der Waals surface area contributed by atoms with Crippen molar-refractivity contribution in [1.82, 2.24) is 0 Å². The maximum absolute atomic E-state index is 12.3. The zero-order valence-corrected chi connectivity index (χ0v) is 10.7. The molecule has 0 amide bonds. The van der Waals surface area contributed by atoms with E-state index in [1.165, 1.54) is 0 Å². The highest BCUT2D eigenvalue weighted by molar-refractivity contribution is 5.10. The molecule has 0 aromatic heterocycles. The van der Waals surface area contributed by atoms with Gasteiger partial charge in [0.25, 0.3) is 0 Å². The average Bonchev–Trinajstić information content (AvgIpc) is 2.93. The van der Waals surface area contributed by atoms with Gasteiger partial charge in [0.05, 0.1) is 19.3 Å². The predicted octanol–water partition coefficient (Wildman–Crippen LogP) is 2.80. The Morgan fingerprint density at radius 2 is 1.57 bits per heavy atom. The molecule has 2 aliphatic carbocycles. The van der Waals surface area contributed by atoms with Gasteiger partial charge in [-0.2, -0.15) is 26.3 Å². The maximum atomic E-state index is 12.3. The molecule has 1 fully saturated rings. The van der Waals surface area contributed by atoms with Gasteiger partial charge in [-0.3, -0.25) is 0 Å². The molecule has 3 nitrogen and oxygen atoms in total. The number of hydrogen-bond acceptors (Lipinski definition) is 3. The Bertz CT molecular complexity index is 389. The van der Waals surface area contributed by atoms with E-state index < -0.39 is 31.4 Å². The second-order valence-corrected chi connectivity index (χ2v) is 5.18. The Morgan fingerprint density at radius 1 is 0.952 bits per heavy atom. The van der Waals surface area contributed by atoms with Gasteiger partial charge in [-0.05, 0) is 18.8 Å². The minimum absolute atomic E-state index is 0.152. The van der Waals surface area contributed by atoms with E-state index in [1.807, 2.05) is 12.2 Å². The number of halogens is 6. The molecule has 122 valence electrons. The third-order valence-corrected chi connectivity index (χ3v) is 3.71. The summed E-state index contributed by atoms with van der Waals surface area (Å²) < 4.78 is 82.7. The summed E-state index contributed by atoms with van der Waals surface area (Å²) in [6, 6.07) is 0. The fourth-order valence-corrected chi connectivity index (χ4v) is 2.64. The van der Waals surface area contributed by atoms with Crippen LogP contribution in [-0.4, -0.2) is 42.6 Å². The zero-order valence-electron chi connectivity index (χ0n) is 10.7. The van der Waals surface area contributed by atoms with Gasteiger partial charge < -0.3 is 14.6 Å². The summed E-state index contributed by atoms with van der Waals surface area (Å²) in [6.07, 6.45) is -6.62. The van der Waals surface area contributed by atoms with Gasteiger partial charge in [0.2, 0.25) is 0 Å². The quantitative estimate of drug-likeness (QED) is 0.366. The molecule has 3 atom stereocenters. The highest BCUT2D eigenvalue weighted by Crippen LogP contribution is 2.44. The molecule has 2 rings (SSSR count). The van der Waals surface area contributed by atoms with Crippen molar-refractivity contribution in [3.8, 4) is 0 Å². The van der Waals surface area contributed by atoms with E-state index in [1.54, 1.807) is 0 Å². The molecule has 0 saturated heterocycles. The summed E-state index contributed by atoms with van der Waals surface area (Å²) in [5, 5.41) is 8.74. The molecule has 0 radical (unpaired) electrons. The number of alkyl halides is 6. The first-order valence-corrected chi connectivity index (χ1v) is 6.34. The molecule has 0 aromatic carbocycles. The van der Waals surface area contributed by atoms with Crippen molar-refractivity contribution in [3.63, 3.8) is 0 Å². The summed E-state index contributed by atoms with van der Waals surface area (Å²) >= 11 is 0. The number of fused-ring (bicyclic) bond motifs is 2. The summed E-state index contributed by atoms with van der Waals surface area (Å²) in [5.74, 6) is -4.65. The standard InChI is InChI=1S/C12H14F6O3/c13-11(14,15)10(19,12(16,17)18)21-4-3-20-9-6-7-1-2-8(9)5-7/h1-2,7-9,19H,3-6H2. The van der Waals surface area contributed by atoms with Crippen molar-refractivity contribution in [2.75, 3.05) is 13.2 Å². The van der Waals surface area contributed by atoms with Crippen LogP contribution in [0.2, 0.25) is 0 Å². The SMILES string of the molecule is OC(OCCOC1CC2C=CC1C2)(C(F)(F)F)C(F)(F)F. The number of aliphatic hydroxyl groups is 1. The van der Waals surface area contributed by atoms with Gasteiger partial charge in [0, 0.05) is 5.92 Å². The molecular formula is C12H14F6O3. The van der Waals surface area contributed by atoms with Crippen LogP contribution >= 0.6 is 0 Å². The van der Waals surface area contributed by atoms with Gasteiger partial charge in [0.1, 0.15) is 0 Å². The van der Waals surface area contributed by atoms with Crippen molar-refractivity contribution in [3.05, 3.63) is 12.2 Å². The summed E-state index contributed by atoms with van der Waals surface area (Å²) in [7, 11) is 0. The van der Waals surface area contributed by atoms with Crippen LogP contribution in [0, 0.1) is 11.8 Å². The molecular weight excluding hydrogens is 306 g/mol. The molecule has 0 aromatic rings. The molecule has 0 heterocycles. The highest BCUT2D eigenvalue weighted by Gasteiger charge is 2.72. The van der Waals surface area contributed by atoms with Crippen LogP contribution in [0.1, 0.15) is 12.8 Å². The van der Waals surface area contributed by atoms with Crippen LogP contribution in [0.3, 0.4) is 0 Å². The Labute approximate surface area is 116 Å². The van der Waals surface area contributed by atoms with E-state index in [4.69, 9.17) is 9.84 Å². The van der Waals surface area contributed by atoms with E-state index in [2.05, 4.69) is 4.74 Å². The van der Waals surface area contributed by atoms with Crippen molar-refractivity contribution >= 4 is 0 Å². The van der Waals surface area contributed by atoms with Crippen LogP contribution in [0.5, 0.6) is 0 Å². The molecule has 3 unspecified atom stereocenters. The molecule has 2 aliphatic rings. The van der Waals surface area contributed by atoms with E-state index in [0.29, 0.717) is 12.3 Å². The first-order valence-electron chi connectivity index (χ1n) is 6.34. The fraction of sp³-hybridized carbons (Fsp3) is 0.833. The van der Waals surface area contributed by atoms with Crippen molar-refractivity contribution in [1.29, 1.82) is 0 Å². The molecule has 1 N–H and O–H groups in total. The Hall–Kier alpha value is -0.800. The van der Waals surface area contributed by atoms with Crippen LogP contribution in [0.25, 0.3) is 0 Å². The summed E-state index contributed by atoms with van der Waals surface area (Å²) in [6.45, 7) is -1.46. The van der Waals surface area contributed by atoms with Crippen molar-refractivity contribution in [2.45, 2.75) is 37.1 Å². The van der Waals surface area contributed by atoms with Crippen LogP contribution < -0.4 is 0 Å². The molecule has 2 bridgehead atoms. The average molecular weight is 320 g/mol. The maximum Gasteiger partial charge on any atom is 0.453 e. The van der Waals surface area contributed by atoms with E-state index in [0.717, 1.165) is 6.42 Å². The number of hydrogen-bond donors (Lipinski definition) is 1. The van der Waals surface area contributed by atoms with Gasteiger partial charge >= 0.3 is 18.1 Å². The lowest BCUT2D eigenvalue weighted by molar-refractivity contribution is -0.458. The molecule has 0 aliphatic heterocycles. The minimum atomic E-state index is -5.97. The highest BCUT2D eigenvalue weighted by atomic mass is 19.4. The van der Waals surface area contributed by atoms with Crippen molar-refractivity contribution < 1.29 is 40.9 Å². The van der Waals surface area contributed by atoms with Gasteiger partial charge in [0.15, 0.2) is 0 Å². The van der Waals surface area contributed by atoms with Crippen LogP contribution in [0.4, 0.5) is 26.3 Å². The number of allylic oxidation sites excluding steroid dienone is 1. The van der Waals surface area contributed by atoms with Gasteiger partial charge in [-0.15, -0.1) is 0 Å². The first kappa shape index (κ1) is 16.6. The predicted molar refractivity (Wildman–Crippen MR) is 58.1 cm³/mol. The second kappa shape index (κ2) is 5.44. The number of ether oxygens (including phenoxy) is 2. The molecule has 1 saturated carbocycles. The van der Waals surface area contributed by atoms with Gasteiger partial charge in [-0.25, -0.2) is 0 Å². The fourth-order valence-electron chi connectivity index (χ4n) is 2.64. The topological polar surface area (TPSA) is 38.7 Å². The van der Waals surface area contributed by atoms with Gasteiger partial charge in [-0.1, -0.05) is 12.2 Å². The molecule has 0 spiro atoms. The first-order chi connectivity index (χ1) is 9.54. The minimum Gasteiger partial charge on any atom is -0.375 e. The smallest absolute Gasteiger partial charge is 0.375 e. The Balaban J connectivity index is 1.82. The zero-order chi connectivity index (χ0) is 15.9. The molecule has 21 heavy (non-hydrogen) atoms. The summed E-state index contributed by atoms with van der Waals surface area (Å²) in [4.78, 5) is 0. The largest absolute Gasteiger partial charge is 0.453 e. The third-order valence-electron chi connectivity index (χ3n) is 3.71. The van der Waals surface area contributed by atoms with E-state index >= 15 is 0 Å². The Kier molecular flexibility index (Phi) is 4.29. The van der Waals surface area contributed by atoms with E-state index in [9.17, 15) is 26.3 Å². The summed E-state index contributed by atoms with van der Waals surface area (Å²) in [5.41, 5.74) is 0. The lowest BCUT2D eigenvalue weighted by Crippen LogP contribution is -2.59. The lowest BCUT2D eigenvalue weighted by atomic mass is 10.0.